The van der Waals surface area contributed by atoms with E-state index >= 15 is 0 Å². The first-order valence-corrected chi connectivity index (χ1v) is 5.16. The fourth-order valence-corrected chi connectivity index (χ4v) is 1.02. The van der Waals surface area contributed by atoms with Crippen molar-refractivity contribution in [3.63, 3.8) is 0 Å². The minimum Gasteiger partial charge on any atom is -0.418 e. The Bertz CT molecular complexity index is 283. The van der Waals surface area contributed by atoms with Gasteiger partial charge in [0.15, 0.2) is 12.4 Å². The number of pyridine rings is 1. The fourth-order valence-electron chi connectivity index (χ4n) is 1.02. The van der Waals surface area contributed by atoms with Crippen molar-refractivity contribution in [2.45, 2.75) is 33.2 Å². The van der Waals surface area contributed by atoms with Gasteiger partial charge in [-0.2, -0.15) is 0 Å². The maximum Gasteiger partial charge on any atom is 1.00 e. The smallest absolute Gasteiger partial charge is 0.418 e. The third-order valence-electron chi connectivity index (χ3n) is 1.83. The van der Waals surface area contributed by atoms with Crippen LogP contribution in [0.25, 0.3) is 0 Å². The number of halogens is 4. The molecule has 0 saturated heterocycles. The molecular formula is C10H16BF4NNa+. The van der Waals surface area contributed by atoms with Crippen LogP contribution >= 0.6 is 0 Å². The second-order valence-corrected chi connectivity index (χ2v) is 3.46. The van der Waals surface area contributed by atoms with Crippen molar-refractivity contribution in [1.82, 2.24) is 0 Å². The molecule has 0 spiro atoms. The number of unbranched alkanes of at least 4 members (excludes halogenated alkanes) is 1. The normalized spacial score (nSPS) is 10.0. The van der Waals surface area contributed by atoms with Gasteiger partial charge in [0.1, 0.15) is 6.54 Å². The van der Waals surface area contributed by atoms with Crippen LogP contribution in [0.15, 0.2) is 24.5 Å². The Labute approximate surface area is 122 Å². The molecule has 0 aliphatic carbocycles. The van der Waals surface area contributed by atoms with Crippen LogP contribution in [0.2, 0.25) is 0 Å². The molecule has 92 valence electrons. The molecule has 0 aliphatic rings. The third kappa shape index (κ3) is 15.9. The van der Waals surface area contributed by atoms with E-state index in [0.29, 0.717) is 0 Å². The van der Waals surface area contributed by atoms with Gasteiger partial charge in [0, 0.05) is 18.6 Å². The predicted octanol–water partition coefficient (Wildman–Crippen LogP) is 0.387. The zero-order chi connectivity index (χ0) is 12.6. The first-order chi connectivity index (χ1) is 7.33. The van der Waals surface area contributed by atoms with Crippen molar-refractivity contribution in [2.24, 2.45) is 0 Å². The summed E-state index contributed by atoms with van der Waals surface area (Å²) in [5, 5.41) is 0. The van der Waals surface area contributed by atoms with Crippen LogP contribution in [0.3, 0.4) is 0 Å². The van der Waals surface area contributed by atoms with Crippen molar-refractivity contribution in [3.8, 4) is 0 Å². The Morgan fingerprint density at radius 2 is 1.53 bits per heavy atom. The number of nitrogens with zero attached hydrogens (tertiary/aromatic N) is 1. The number of aryl methyl sites for hydroxylation is 2. The minimum atomic E-state index is -6.00. The first kappa shape index (κ1) is 19.3. The molecule has 0 saturated carbocycles. The summed E-state index contributed by atoms with van der Waals surface area (Å²) in [5.74, 6) is 0. The molecule has 0 aromatic carbocycles. The van der Waals surface area contributed by atoms with Crippen molar-refractivity contribution < 1.29 is 51.4 Å². The second-order valence-electron chi connectivity index (χ2n) is 3.46. The molecule has 0 aliphatic heterocycles. The van der Waals surface area contributed by atoms with Crippen LogP contribution in [-0.2, 0) is 6.54 Å². The maximum atomic E-state index is 9.75. The van der Waals surface area contributed by atoms with Gasteiger partial charge in [-0.05, 0) is 12.5 Å². The van der Waals surface area contributed by atoms with Gasteiger partial charge in [-0.3, -0.25) is 0 Å². The second kappa shape index (κ2) is 9.91. The molecule has 7 heteroatoms. The summed E-state index contributed by atoms with van der Waals surface area (Å²) < 4.78 is 41.2. The van der Waals surface area contributed by atoms with E-state index in [4.69, 9.17) is 0 Å². The Balaban J connectivity index is 0. The van der Waals surface area contributed by atoms with Gasteiger partial charge < -0.3 is 17.3 Å². The molecule has 1 heterocycles. The van der Waals surface area contributed by atoms with Gasteiger partial charge in [-0.1, -0.05) is 13.3 Å². The molecule has 0 radical (unpaired) electrons. The Morgan fingerprint density at radius 3 is 1.88 bits per heavy atom. The van der Waals surface area contributed by atoms with Crippen LogP contribution in [0, 0.1) is 6.92 Å². The zero-order valence-electron chi connectivity index (χ0n) is 10.5. The minimum absolute atomic E-state index is 0. The number of hydrogen-bond acceptors (Lipinski definition) is 0. The van der Waals surface area contributed by atoms with E-state index in [-0.39, 0.29) is 29.6 Å². The summed E-state index contributed by atoms with van der Waals surface area (Å²) in [6, 6.07) is 4.30. The van der Waals surface area contributed by atoms with Crippen molar-refractivity contribution >= 4 is 7.25 Å². The summed E-state index contributed by atoms with van der Waals surface area (Å²) >= 11 is 0. The third-order valence-corrected chi connectivity index (χ3v) is 1.83. The summed E-state index contributed by atoms with van der Waals surface area (Å²) in [6.07, 6.45) is 6.82. The average Bonchev–Trinajstić information content (AvgIpc) is 2.14. The molecule has 0 bridgehead atoms. The van der Waals surface area contributed by atoms with Crippen molar-refractivity contribution in [2.75, 3.05) is 0 Å². The molecule has 1 aromatic heterocycles. The van der Waals surface area contributed by atoms with E-state index in [2.05, 4.69) is 42.9 Å². The quantitative estimate of drug-likeness (QED) is 0.420. The topological polar surface area (TPSA) is 3.88 Å². The Kier molecular flexibility index (Phi) is 11.2. The molecule has 17 heavy (non-hydrogen) atoms. The zero-order valence-corrected chi connectivity index (χ0v) is 12.5. The molecular weight excluding hydrogens is 244 g/mol. The van der Waals surface area contributed by atoms with E-state index in [0.717, 1.165) is 6.54 Å². The molecule has 0 N–H and O–H groups in total. The molecule has 0 fully saturated rings. The Hall–Kier alpha value is -0.0651. The fraction of sp³-hybridized carbons (Fsp3) is 0.500. The number of aromatic nitrogens is 1. The molecule has 1 rings (SSSR count). The average molecular weight is 260 g/mol. The van der Waals surface area contributed by atoms with Crippen LogP contribution in [0.5, 0.6) is 0 Å². The molecule has 1 nitrogen and oxygen atoms in total. The van der Waals surface area contributed by atoms with Crippen molar-refractivity contribution in [1.29, 1.82) is 0 Å². The summed E-state index contributed by atoms with van der Waals surface area (Å²) in [6.45, 7) is 5.48. The summed E-state index contributed by atoms with van der Waals surface area (Å²) in [7, 11) is -6.00. The van der Waals surface area contributed by atoms with Crippen LogP contribution < -0.4 is 34.1 Å². The molecule has 0 amide bonds. The van der Waals surface area contributed by atoms with Gasteiger partial charge in [-0.15, -0.1) is 0 Å². The predicted molar refractivity (Wildman–Crippen MR) is 56.5 cm³/mol. The molecule has 1 aromatic rings. The number of hydrogen-bond donors (Lipinski definition) is 0. The standard InChI is InChI=1S/C10H16N.BF4.Na/c1-3-4-7-11-8-5-10(2)6-9-11;2-1(3,4)5;/h5-6,8-9H,3-4,7H2,1-2H3;;/q+1;-1;+1. The van der Waals surface area contributed by atoms with E-state index in [9.17, 15) is 17.3 Å². The van der Waals surface area contributed by atoms with Crippen LogP contribution in [0.4, 0.5) is 17.3 Å². The van der Waals surface area contributed by atoms with E-state index < -0.39 is 7.25 Å². The molecule has 0 atom stereocenters. The summed E-state index contributed by atoms with van der Waals surface area (Å²) in [4.78, 5) is 0. The maximum absolute atomic E-state index is 9.75. The van der Waals surface area contributed by atoms with Gasteiger partial charge in [-0.25, -0.2) is 4.57 Å². The van der Waals surface area contributed by atoms with Gasteiger partial charge in [0.25, 0.3) is 0 Å². The summed E-state index contributed by atoms with van der Waals surface area (Å²) in [5.41, 5.74) is 1.33. The molecule has 0 unspecified atom stereocenters. The van der Waals surface area contributed by atoms with Gasteiger partial charge in [0.05, 0.1) is 0 Å². The number of rotatable bonds is 3. The van der Waals surface area contributed by atoms with Gasteiger partial charge >= 0.3 is 36.8 Å². The van der Waals surface area contributed by atoms with E-state index in [1.165, 1.54) is 18.4 Å². The largest absolute Gasteiger partial charge is 1.00 e. The first-order valence-electron chi connectivity index (χ1n) is 5.16. The SMILES string of the molecule is CCCC[n+]1ccc(C)cc1.F[B-](F)(F)F.[Na+]. The van der Waals surface area contributed by atoms with E-state index in [1.807, 2.05) is 0 Å². The van der Waals surface area contributed by atoms with Crippen molar-refractivity contribution in [3.05, 3.63) is 30.1 Å². The van der Waals surface area contributed by atoms with Crippen LogP contribution in [0.1, 0.15) is 25.3 Å². The van der Waals surface area contributed by atoms with E-state index in [1.54, 1.807) is 0 Å². The van der Waals surface area contributed by atoms with Crippen LogP contribution in [-0.4, -0.2) is 7.25 Å². The monoisotopic (exact) mass is 260 g/mol. The Morgan fingerprint density at radius 1 is 1.12 bits per heavy atom. The van der Waals surface area contributed by atoms with Gasteiger partial charge in [0.2, 0.25) is 0 Å².